The lowest BCUT2D eigenvalue weighted by atomic mass is 10.2. The molecule has 2 N–H and O–H groups in total. The van der Waals surface area contributed by atoms with Crippen molar-refractivity contribution in [3.8, 4) is 0 Å². The fourth-order valence-corrected chi connectivity index (χ4v) is 6.18. The van der Waals surface area contributed by atoms with Crippen molar-refractivity contribution in [2.75, 3.05) is 16.8 Å². The molecule has 9 nitrogen and oxygen atoms in total. The lowest BCUT2D eigenvalue weighted by molar-refractivity contribution is -0.118. The van der Waals surface area contributed by atoms with Crippen molar-refractivity contribution >= 4 is 50.9 Å². The normalized spacial score (nSPS) is 23.6. The average molecular weight is 444 g/mol. The highest BCUT2D eigenvalue weighted by atomic mass is 35.5. The number of hydrogen-bond donors (Lipinski definition) is 2. The van der Waals surface area contributed by atoms with Gasteiger partial charge in [-0.05, 0) is 19.1 Å². The fraction of sp³-hybridized carbons (Fsp3) is 0.250. The topological polar surface area (TPSA) is 120 Å². The van der Waals surface area contributed by atoms with Gasteiger partial charge in [-0.15, -0.1) is 11.8 Å². The Hall–Kier alpha value is -2.21. The molecule has 1 saturated heterocycles. The van der Waals surface area contributed by atoms with Gasteiger partial charge >= 0.3 is 0 Å². The number of halogens is 1. The predicted octanol–water partition coefficient (Wildman–Crippen LogP) is 2.67. The van der Waals surface area contributed by atoms with E-state index in [9.17, 15) is 13.2 Å². The highest BCUT2D eigenvalue weighted by Gasteiger charge is 2.65. The summed E-state index contributed by atoms with van der Waals surface area (Å²) in [6.07, 6.45) is 0. The smallest absolute Gasteiger partial charge is 0.274 e. The lowest BCUT2D eigenvalue weighted by Crippen LogP contribution is -2.53. The number of carbonyl (C=O) groups excluding carboxylic acids is 1. The number of aryl methyl sites for hydroxylation is 1. The van der Waals surface area contributed by atoms with Gasteiger partial charge in [-0.25, -0.2) is 13.1 Å². The number of nitrogens with one attached hydrogen (secondary N) is 2. The molecule has 2 unspecified atom stereocenters. The summed E-state index contributed by atoms with van der Waals surface area (Å²) in [5, 5.41) is 6.61. The van der Waals surface area contributed by atoms with Gasteiger partial charge in [0.15, 0.2) is 12.6 Å². The molecule has 1 aromatic heterocycles. The van der Waals surface area contributed by atoms with Gasteiger partial charge in [0.25, 0.3) is 20.8 Å². The Balaban J connectivity index is 1.67. The number of benzene rings is 1. The Morgan fingerprint density at radius 3 is 2.79 bits per heavy atom. The monoisotopic (exact) mass is 443 g/mol. The van der Waals surface area contributed by atoms with Crippen molar-refractivity contribution in [2.24, 2.45) is 0 Å². The van der Waals surface area contributed by atoms with Crippen LogP contribution in [0.2, 0.25) is 5.02 Å². The van der Waals surface area contributed by atoms with Gasteiger partial charge in [0.1, 0.15) is 16.0 Å². The van der Waals surface area contributed by atoms with E-state index in [4.69, 9.17) is 25.6 Å². The summed E-state index contributed by atoms with van der Waals surface area (Å²) in [6, 6.07) is 8.67. The molecule has 1 aromatic carbocycles. The highest BCUT2D eigenvalue weighted by molar-refractivity contribution is 8.05. The molecular formula is C16H14ClN3O6S2. The van der Waals surface area contributed by atoms with Crippen LogP contribution in [0.1, 0.15) is 5.69 Å². The van der Waals surface area contributed by atoms with Crippen molar-refractivity contribution in [1.29, 1.82) is 0 Å². The van der Waals surface area contributed by atoms with E-state index in [-0.39, 0.29) is 23.5 Å². The number of ether oxygens (including phenoxy) is 2. The van der Waals surface area contributed by atoms with Crippen molar-refractivity contribution < 1.29 is 27.2 Å². The molecule has 0 spiro atoms. The third-order valence-corrected chi connectivity index (χ3v) is 7.75. The summed E-state index contributed by atoms with van der Waals surface area (Å²) in [6.45, 7) is 1.25. The molecule has 12 heteroatoms. The Morgan fingerprint density at radius 1 is 1.36 bits per heavy atom. The molecule has 2 atom stereocenters. The van der Waals surface area contributed by atoms with Gasteiger partial charge in [-0.3, -0.25) is 4.79 Å². The number of fused-ring (bicyclic) bond motifs is 1. The second-order valence-electron chi connectivity index (χ2n) is 5.94. The zero-order chi connectivity index (χ0) is 19.9. The molecular weight excluding hydrogens is 430 g/mol. The summed E-state index contributed by atoms with van der Waals surface area (Å²) in [5.41, 5.74) is 0.838. The van der Waals surface area contributed by atoms with Crippen molar-refractivity contribution in [1.82, 2.24) is 5.16 Å². The maximum absolute atomic E-state index is 13.2. The maximum Gasteiger partial charge on any atom is 0.274 e. The van der Waals surface area contributed by atoms with Crippen molar-refractivity contribution in [3.05, 3.63) is 52.2 Å². The molecule has 2 aliphatic heterocycles. The predicted molar refractivity (Wildman–Crippen MR) is 103 cm³/mol. The second kappa shape index (κ2) is 6.99. The number of rotatable bonds is 5. The fourth-order valence-electron chi connectivity index (χ4n) is 2.83. The summed E-state index contributed by atoms with van der Waals surface area (Å²) < 4.78 is 44.4. The Kier molecular flexibility index (Phi) is 4.78. The number of amides is 1. The molecule has 0 saturated carbocycles. The number of para-hydroxylation sites is 1. The largest absolute Gasteiger partial charge is 0.467 e. The Morgan fingerprint density at radius 2 is 2.11 bits per heavy atom. The lowest BCUT2D eigenvalue weighted by Gasteiger charge is -2.28. The summed E-state index contributed by atoms with van der Waals surface area (Å²) in [4.78, 5) is 10.8. The van der Waals surface area contributed by atoms with E-state index in [1.807, 2.05) is 0 Å². The quantitative estimate of drug-likeness (QED) is 0.723. The van der Waals surface area contributed by atoms with Gasteiger partial charge in [0.05, 0.1) is 0 Å². The van der Waals surface area contributed by atoms with Crippen LogP contribution in [0, 0.1) is 6.92 Å². The van der Waals surface area contributed by atoms with Gasteiger partial charge in [-0.1, -0.05) is 35.0 Å². The molecule has 148 valence electrons. The van der Waals surface area contributed by atoms with Crippen LogP contribution in [-0.2, 0) is 24.3 Å². The van der Waals surface area contributed by atoms with E-state index in [0.717, 1.165) is 11.8 Å². The van der Waals surface area contributed by atoms with Crippen LogP contribution >= 0.6 is 23.4 Å². The molecule has 1 fully saturated rings. The SMILES string of the molecule is Cc1noc(NS(=O)(=O)C23OCOC2=CSC3C(=O)Nc2ccccc2)c1Cl. The number of hydrogen-bond acceptors (Lipinski definition) is 8. The summed E-state index contributed by atoms with van der Waals surface area (Å²) in [5.74, 6) is -0.800. The van der Waals surface area contributed by atoms with Gasteiger partial charge in [-0.2, -0.15) is 0 Å². The van der Waals surface area contributed by atoms with Gasteiger partial charge < -0.3 is 19.3 Å². The van der Waals surface area contributed by atoms with Crippen LogP contribution < -0.4 is 10.0 Å². The number of thioether (sulfide) groups is 1. The minimum atomic E-state index is -4.37. The summed E-state index contributed by atoms with van der Waals surface area (Å²) >= 11 is 7.00. The van der Waals surface area contributed by atoms with Crippen LogP contribution in [0.15, 0.2) is 46.0 Å². The van der Waals surface area contributed by atoms with Crippen LogP contribution in [-0.4, -0.2) is 36.5 Å². The number of sulfonamides is 1. The van der Waals surface area contributed by atoms with Crippen LogP contribution in [0.5, 0.6) is 0 Å². The molecule has 4 rings (SSSR count). The van der Waals surface area contributed by atoms with E-state index in [2.05, 4.69) is 15.2 Å². The Labute approximate surface area is 169 Å². The third kappa shape index (κ3) is 2.94. The summed E-state index contributed by atoms with van der Waals surface area (Å²) in [7, 11) is -4.37. The van der Waals surface area contributed by atoms with Crippen LogP contribution in [0.25, 0.3) is 0 Å². The second-order valence-corrected chi connectivity index (χ2v) is 9.12. The molecule has 3 heterocycles. The molecule has 0 radical (unpaired) electrons. The number of aromatic nitrogens is 1. The molecule has 0 aliphatic carbocycles. The Bertz CT molecular complexity index is 1060. The van der Waals surface area contributed by atoms with Crippen LogP contribution in [0.3, 0.4) is 0 Å². The minimum absolute atomic E-state index is 0.0142. The molecule has 2 aromatic rings. The number of carbonyl (C=O) groups is 1. The zero-order valence-corrected chi connectivity index (χ0v) is 16.7. The van der Waals surface area contributed by atoms with Gasteiger partial charge in [0.2, 0.25) is 5.91 Å². The van der Waals surface area contributed by atoms with E-state index < -0.39 is 26.1 Å². The standard InChI is InChI=1S/C16H14ClN3O6S2/c1-9-12(17)15(26-19-9)20-28(22,23)16-11(24-8-25-16)7-27-13(16)14(21)18-10-5-3-2-4-6-10/h2-7,13,20H,8H2,1H3,(H,18,21). The first-order valence-electron chi connectivity index (χ1n) is 7.98. The maximum atomic E-state index is 13.2. The molecule has 2 aliphatic rings. The van der Waals surface area contributed by atoms with E-state index in [1.54, 1.807) is 37.3 Å². The van der Waals surface area contributed by atoms with Crippen molar-refractivity contribution in [2.45, 2.75) is 17.1 Å². The van der Waals surface area contributed by atoms with E-state index >= 15 is 0 Å². The van der Waals surface area contributed by atoms with Crippen molar-refractivity contribution in [3.63, 3.8) is 0 Å². The number of nitrogens with zero attached hydrogens (tertiary/aromatic N) is 1. The van der Waals surface area contributed by atoms with E-state index in [0.29, 0.717) is 11.4 Å². The first kappa shape index (κ1) is 19.1. The first-order chi connectivity index (χ1) is 13.3. The minimum Gasteiger partial charge on any atom is -0.467 e. The molecule has 28 heavy (non-hydrogen) atoms. The molecule has 0 bridgehead atoms. The average Bonchev–Trinajstić information content (AvgIpc) is 3.33. The number of anilines is 2. The van der Waals surface area contributed by atoms with Gasteiger partial charge in [0, 0.05) is 11.1 Å². The first-order valence-corrected chi connectivity index (χ1v) is 10.8. The zero-order valence-electron chi connectivity index (χ0n) is 14.3. The molecule has 1 amide bonds. The third-order valence-electron chi connectivity index (χ3n) is 4.18. The van der Waals surface area contributed by atoms with E-state index in [1.165, 1.54) is 5.41 Å². The highest BCUT2D eigenvalue weighted by Crippen LogP contribution is 2.50. The van der Waals surface area contributed by atoms with Crippen LogP contribution in [0.4, 0.5) is 11.6 Å².